The third kappa shape index (κ3) is 6.42. The first-order valence-corrected chi connectivity index (χ1v) is 11.8. The summed E-state index contributed by atoms with van der Waals surface area (Å²) in [7, 11) is 0. The molecule has 1 aliphatic rings. The molecule has 2 aromatic rings. The number of hydrogen-bond acceptors (Lipinski definition) is 7. The van der Waals surface area contributed by atoms with Gasteiger partial charge in [-0.05, 0) is 17.7 Å². The van der Waals surface area contributed by atoms with E-state index in [-0.39, 0.29) is 24.3 Å². The van der Waals surface area contributed by atoms with E-state index in [1.165, 1.54) is 0 Å². The van der Waals surface area contributed by atoms with E-state index in [0.717, 1.165) is 5.56 Å². The molecular formula is C27H32N4O5. The van der Waals surface area contributed by atoms with Crippen molar-refractivity contribution in [3.05, 3.63) is 71.3 Å². The van der Waals surface area contributed by atoms with Crippen molar-refractivity contribution >= 4 is 29.4 Å². The fourth-order valence-corrected chi connectivity index (χ4v) is 3.99. The minimum Gasteiger partial charge on any atom is -0.456 e. The smallest absolute Gasteiger partial charge is 0.375 e. The Morgan fingerprint density at radius 2 is 1.64 bits per heavy atom. The Kier molecular flexibility index (Phi) is 8.37. The summed E-state index contributed by atoms with van der Waals surface area (Å²) in [6.45, 7) is 5.12. The molecule has 1 heterocycles. The number of carbonyl (C=O) groups excluding carboxylic acids is 4. The lowest BCUT2D eigenvalue weighted by atomic mass is 9.90. The highest BCUT2D eigenvalue weighted by molar-refractivity contribution is 6.35. The SMILES string of the molecule is CC(C)(C)C(=O)C(=O)OC1CCN(C(=O)c2ccc(C(=N)NC(=O)CN)cc2)C(c2ccccc2)C1. The number of esters is 1. The Labute approximate surface area is 210 Å². The average molecular weight is 493 g/mol. The third-order valence-electron chi connectivity index (χ3n) is 6.01. The first-order valence-electron chi connectivity index (χ1n) is 11.8. The molecule has 0 aromatic heterocycles. The number of carbonyl (C=O) groups is 4. The number of ether oxygens (including phenoxy) is 1. The van der Waals surface area contributed by atoms with Crippen LogP contribution in [0.5, 0.6) is 0 Å². The lowest BCUT2D eigenvalue weighted by Crippen LogP contribution is -2.44. The average Bonchev–Trinajstić information content (AvgIpc) is 2.87. The van der Waals surface area contributed by atoms with Gasteiger partial charge in [-0.25, -0.2) is 4.79 Å². The zero-order chi connectivity index (χ0) is 26.5. The molecular weight excluding hydrogens is 460 g/mol. The summed E-state index contributed by atoms with van der Waals surface area (Å²) in [5.74, 6) is -2.20. The highest BCUT2D eigenvalue weighted by atomic mass is 16.5. The monoisotopic (exact) mass is 492 g/mol. The lowest BCUT2D eigenvalue weighted by Gasteiger charge is -2.39. The summed E-state index contributed by atoms with van der Waals surface area (Å²) >= 11 is 0. The van der Waals surface area contributed by atoms with Crippen LogP contribution in [0.2, 0.25) is 0 Å². The van der Waals surface area contributed by atoms with Gasteiger partial charge in [-0.1, -0.05) is 63.2 Å². The van der Waals surface area contributed by atoms with Gasteiger partial charge >= 0.3 is 5.97 Å². The molecule has 2 atom stereocenters. The number of amidine groups is 1. The van der Waals surface area contributed by atoms with Crippen molar-refractivity contribution in [3.8, 4) is 0 Å². The number of likely N-dealkylation sites (tertiary alicyclic amines) is 1. The standard InChI is InChI=1S/C27H32N4O5/c1-27(2,3)23(33)26(35)36-20-13-14-31(21(15-20)17-7-5-4-6-8-17)25(34)19-11-9-18(10-12-19)24(29)30-22(32)16-28/h4-12,20-21H,13-16,28H2,1-3H3,(H2,29,30,32). The van der Waals surface area contributed by atoms with Gasteiger partial charge in [-0.15, -0.1) is 0 Å². The van der Waals surface area contributed by atoms with Crippen LogP contribution < -0.4 is 11.1 Å². The maximum absolute atomic E-state index is 13.5. The number of Topliss-reactive ketones (excluding diaryl/α,β-unsaturated/α-hetero) is 1. The molecule has 4 N–H and O–H groups in total. The van der Waals surface area contributed by atoms with Crippen LogP contribution in [0.25, 0.3) is 0 Å². The number of nitrogens with two attached hydrogens (primary N) is 1. The number of rotatable bonds is 6. The number of ketones is 1. The zero-order valence-corrected chi connectivity index (χ0v) is 20.7. The van der Waals surface area contributed by atoms with Crippen LogP contribution in [-0.4, -0.2) is 53.5 Å². The molecule has 2 amide bonds. The van der Waals surface area contributed by atoms with Gasteiger partial charge in [0.1, 0.15) is 11.9 Å². The molecule has 0 saturated carbocycles. The molecule has 2 unspecified atom stereocenters. The second kappa shape index (κ2) is 11.3. The lowest BCUT2D eigenvalue weighted by molar-refractivity contribution is -0.163. The molecule has 0 radical (unpaired) electrons. The maximum Gasteiger partial charge on any atom is 0.375 e. The normalized spacial score (nSPS) is 17.7. The number of amides is 2. The number of nitrogens with zero attached hydrogens (tertiary/aromatic N) is 1. The van der Waals surface area contributed by atoms with E-state index in [0.29, 0.717) is 30.5 Å². The number of benzene rings is 2. The van der Waals surface area contributed by atoms with E-state index in [1.54, 1.807) is 49.9 Å². The summed E-state index contributed by atoms with van der Waals surface area (Å²) in [5, 5.41) is 10.4. The Morgan fingerprint density at radius 3 is 2.22 bits per heavy atom. The Hall–Kier alpha value is -3.85. The van der Waals surface area contributed by atoms with Gasteiger partial charge in [-0.3, -0.25) is 19.8 Å². The highest BCUT2D eigenvalue weighted by Crippen LogP contribution is 2.34. The molecule has 0 spiro atoms. The molecule has 190 valence electrons. The van der Waals surface area contributed by atoms with E-state index in [1.807, 2.05) is 30.3 Å². The van der Waals surface area contributed by atoms with Crippen LogP contribution in [0.4, 0.5) is 0 Å². The van der Waals surface area contributed by atoms with E-state index >= 15 is 0 Å². The van der Waals surface area contributed by atoms with Gasteiger partial charge in [0.25, 0.3) is 5.91 Å². The van der Waals surface area contributed by atoms with Crippen LogP contribution in [0, 0.1) is 10.8 Å². The van der Waals surface area contributed by atoms with Crippen LogP contribution in [-0.2, 0) is 19.1 Å². The van der Waals surface area contributed by atoms with Gasteiger partial charge in [0.2, 0.25) is 11.7 Å². The van der Waals surface area contributed by atoms with E-state index in [4.69, 9.17) is 15.9 Å². The van der Waals surface area contributed by atoms with Crippen molar-refractivity contribution in [2.24, 2.45) is 11.1 Å². The van der Waals surface area contributed by atoms with Crippen molar-refractivity contribution in [3.63, 3.8) is 0 Å². The first-order chi connectivity index (χ1) is 17.0. The maximum atomic E-state index is 13.5. The summed E-state index contributed by atoms with van der Waals surface area (Å²) in [4.78, 5) is 51.4. The Morgan fingerprint density at radius 1 is 1.03 bits per heavy atom. The van der Waals surface area contributed by atoms with Crippen molar-refractivity contribution in [1.29, 1.82) is 5.41 Å². The first kappa shape index (κ1) is 26.7. The minimum absolute atomic E-state index is 0.0981. The van der Waals surface area contributed by atoms with Crippen molar-refractivity contribution in [2.75, 3.05) is 13.1 Å². The van der Waals surface area contributed by atoms with Crippen molar-refractivity contribution in [1.82, 2.24) is 10.2 Å². The second-order valence-corrected chi connectivity index (χ2v) is 9.76. The van der Waals surface area contributed by atoms with Crippen molar-refractivity contribution < 1.29 is 23.9 Å². The number of piperidine rings is 1. The molecule has 2 aromatic carbocycles. The molecule has 36 heavy (non-hydrogen) atoms. The van der Waals surface area contributed by atoms with E-state index in [2.05, 4.69) is 5.32 Å². The fourth-order valence-electron chi connectivity index (χ4n) is 3.99. The van der Waals surface area contributed by atoms with Crippen molar-refractivity contribution in [2.45, 2.75) is 45.8 Å². The Balaban J connectivity index is 1.78. The second-order valence-electron chi connectivity index (χ2n) is 9.76. The predicted molar refractivity (Wildman–Crippen MR) is 134 cm³/mol. The summed E-state index contributed by atoms with van der Waals surface area (Å²) in [6, 6.07) is 15.5. The van der Waals surface area contributed by atoms with Crippen LogP contribution in [0.3, 0.4) is 0 Å². The summed E-state index contributed by atoms with van der Waals surface area (Å²) in [5.41, 5.74) is 6.21. The molecule has 1 aliphatic heterocycles. The molecule has 0 bridgehead atoms. The van der Waals surface area contributed by atoms with E-state index < -0.39 is 29.2 Å². The fraction of sp³-hybridized carbons (Fsp3) is 0.370. The Bertz CT molecular complexity index is 1140. The van der Waals surface area contributed by atoms with Gasteiger partial charge in [0.15, 0.2) is 0 Å². The predicted octanol–water partition coefficient (Wildman–Crippen LogP) is 2.59. The molecule has 3 rings (SSSR count). The van der Waals surface area contributed by atoms with Crippen LogP contribution in [0.1, 0.15) is 61.1 Å². The van der Waals surface area contributed by atoms with Gasteiger partial charge < -0.3 is 20.7 Å². The molecule has 9 heteroatoms. The topological polar surface area (TPSA) is 143 Å². The highest BCUT2D eigenvalue weighted by Gasteiger charge is 2.37. The third-order valence-corrected chi connectivity index (χ3v) is 6.01. The van der Waals surface area contributed by atoms with E-state index in [9.17, 15) is 19.2 Å². The quantitative estimate of drug-likeness (QED) is 0.245. The number of hydrogen-bond donors (Lipinski definition) is 3. The zero-order valence-electron chi connectivity index (χ0n) is 20.7. The van der Waals surface area contributed by atoms with Crippen LogP contribution in [0.15, 0.2) is 54.6 Å². The van der Waals surface area contributed by atoms with Crippen LogP contribution >= 0.6 is 0 Å². The molecule has 1 saturated heterocycles. The summed E-state index contributed by atoms with van der Waals surface area (Å²) in [6.07, 6.45) is 0.283. The molecule has 1 fully saturated rings. The molecule has 9 nitrogen and oxygen atoms in total. The number of nitrogens with one attached hydrogen (secondary N) is 2. The van der Waals surface area contributed by atoms with Gasteiger partial charge in [-0.2, -0.15) is 0 Å². The van der Waals surface area contributed by atoms with Gasteiger partial charge in [0.05, 0.1) is 12.6 Å². The molecule has 0 aliphatic carbocycles. The summed E-state index contributed by atoms with van der Waals surface area (Å²) < 4.78 is 5.55. The largest absolute Gasteiger partial charge is 0.456 e. The van der Waals surface area contributed by atoms with Gasteiger partial charge in [0, 0.05) is 35.9 Å². The minimum atomic E-state index is -0.848.